The standard InChI is InChI=1S/C20H20F3N5O7/c1-4-5-27-12-8-24-18(25-9(2)29)26-16(12)28(19(27)33)17-14(34-10(3)30)7-13(35-17)11(6-15(31)32)20(21,22)23/h1,8,11,13-14,17H,5-7H2,2-3H3,(H,31,32)(H,24,25,26,29)/t11-,13-,14+,17+/m0/s1. The van der Waals surface area contributed by atoms with Gasteiger partial charge >= 0.3 is 23.8 Å². The van der Waals surface area contributed by atoms with Crippen molar-refractivity contribution in [1.29, 1.82) is 0 Å². The lowest BCUT2D eigenvalue weighted by atomic mass is 9.95. The second-order valence-corrected chi connectivity index (χ2v) is 7.72. The Morgan fingerprint density at radius 1 is 1.40 bits per heavy atom. The molecule has 0 bridgehead atoms. The van der Waals surface area contributed by atoms with Crippen molar-refractivity contribution in [2.24, 2.45) is 5.92 Å². The smallest absolute Gasteiger partial charge is 0.394 e. The highest BCUT2D eigenvalue weighted by Gasteiger charge is 2.53. The van der Waals surface area contributed by atoms with Gasteiger partial charge in [0.15, 0.2) is 11.9 Å². The molecular formula is C20H20F3N5O7. The van der Waals surface area contributed by atoms with Gasteiger partial charge < -0.3 is 14.6 Å². The van der Waals surface area contributed by atoms with E-state index in [0.717, 1.165) is 16.1 Å². The first kappa shape index (κ1) is 25.7. The monoisotopic (exact) mass is 499 g/mol. The molecule has 1 aliphatic heterocycles. The number of amides is 1. The second kappa shape index (κ2) is 9.74. The molecule has 2 aromatic rings. The summed E-state index contributed by atoms with van der Waals surface area (Å²) < 4.78 is 53.5. The first-order valence-electron chi connectivity index (χ1n) is 10.1. The number of anilines is 1. The zero-order valence-corrected chi connectivity index (χ0v) is 18.4. The third-order valence-corrected chi connectivity index (χ3v) is 5.18. The van der Waals surface area contributed by atoms with E-state index in [-0.39, 0.29) is 23.7 Å². The van der Waals surface area contributed by atoms with Gasteiger partial charge in [0.2, 0.25) is 11.9 Å². The van der Waals surface area contributed by atoms with E-state index in [2.05, 4.69) is 21.2 Å². The fourth-order valence-corrected chi connectivity index (χ4v) is 3.87. The molecule has 1 fully saturated rings. The van der Waals surface area contributed by atoms with Crippen LogP contribution in [0.1, 0.15) is 32.9 Å². The van der Waals surface area contributed by atoms with Crippen LogP contribution < -0.4 is 11.0 Å². The number of halogens is 3. The van der Waals surface area contributed by atoms with Crippen molar-refractivity contribution in [3.05, 3.63) is 16.7 Å². The van der Waals surface area contributed by atoms with Gasteiger partial charge in [-0.1, -0.05) is 5.92 Å². The molecule has 3 heterocycles. The van der Waals surface area contributed by atoms with E-state index in [0.29, 0.717) is 0 Å². The summed E-state index contributed by atoms with van der Waals surface area (Å²) in [6, 6.07) is 0. The Morgan fingerprint density at radius 3 is 2.63 bits per heavy atom. The molecule has 0 aliphatic carbocycles. The van der Waals surface area contributed by atoms with Crippen LogP contribution in [-0.2, 0) is 30.4 Å². The Hall–Kier alpha value is -3.93. The predicted octanol–water partition coefficient (Wildman–Crippen LogP) is 1.06. The number of imidazole rings is 1. The molecule has 3 rings (SSSR count). The lowest BCUT2D eigenvalue weighted by Gasteiger charge is -2.24. The van der Waals surface area contributed by atoms with Crippen LogP contribution in [0, 0.1) is 18.3 Å². The number of hydrogen-bond donors (Lipinski definition) is 2. The molecule has 1 saturated heterocycles. The molecule has 0 saturated carbocycles. The van der Waals surface area contributed by atoms with Crippen LogP contribution in [0.5, 0.6) is 0 Å². The lowest BCUT2D eigenvalue weighted by Crippen LogP contribution is -2.36. The molecule has 35 heavy (non-hydrogen) atoms. The average Bonchev–Trinajstić information content (AvgIpc) is 3.22. The van der Waals surface area contributed by atoms with Crippen LogP contribution >= 0.6 is 0 Å². The predicted molar refractivity (Wildman–Crippen MR) is 111 cm³/mol. The van der Waals surface area contributed by atoms with Crippen molar-refractivity contribution in [2.45, 2.75) is 57.8 Å². The molecule has 2 aromatic heterocycles. The molecule has 188 valence electrons. The fraction of sp³-hybridized carbons (Fsp3) is 0.500. The number of terminal acetylenes is 1. The molecule has 12 nitrogen and oxygen atoms in total. The topological polar surface area (TPSA) is 155 Å². The highest BCUT2D eigenvalue weighted by Crippen LogP contribution is 2.42. The van der Waals surface area contributed by atoms with Crippen molar-refractivity contribution in [3.63, 3.8) is 0 Å². The molecule has 1 aliphatic rings. The maximum atomic E-state index is 13.7. The number of fused-ring (bicyclic) bond motifs is 1. The van der Waals surface area contributed by atoms with Crippen molar-refractivity contribution < 1.29 is 42.1 Å². The van der Waals surface area contributed by atoms with Crippen molar-refractivity contribution in [2.75, 3.05) is 5.32 Å². The highest BCUT2D eigenvalue weighted by atomic mass is 19.4. The van der Waals surface area contributed by atoms with E-state index in [4.69, 9.17) is 21.0 Å². The van der Waals surface area contributed by atoms with Gasteiger partial charge in [-0.05, 0) is 0 Å². The second-order valence-electron chi connectivity index (χ2n) is 7.72. The Kier molecular flexibility index (Phi) is 7.15. The van der Waals surface area contributed by atoms with Crippen LogP contribution in [0.25, 0.3) is 11.2 Å². The van der Waals surface area contributed by atoms with Crippen LogP contribution in [-0.4, -0.2) is 60.4 Å². The number of alkyl halides is 3. The number of carboxylic acid groups (broad SMARTS) is 1. The molecule has 15 heteroatoms. The van der Waals surface area contributed by atoms with Crippen LogP contribution in [0.15, 0.2) is 11.0 Å². The Labute approximate surface area is 195 Å². The minimum Gasteiger partial charge on any atom is -0.481 e. The number of aliphatic carboxylic acids is 1. The summed E-state index contributed by atoms with van der Waals surface area (Å²) in [4.78, 5) is 55.4. The average molecular weight is 499 g/mol. The summed E-state index contributed by atoms with van der Waals surface area (Å²) in [7, 11) is 0. The molecule has 0 radical (unpaired) electrons. The molecule has 2 N–H and O–H groups in total. The van der Waals surface area contributed by atoms with E-state index in [1.165, 1.54) is 13.1 Å². The molecule has 4 atom stereocenters. The van der Waals surface area contributed by atoms with Gasteiger partial charge in [0, 0.05) is 20.3 Å². The Morgan fingerprint density at radius 2 is 2.09 bits per heavy atom. The van der Waals surface area contributed by atoms with E-state index < -0.39 is 66.9 Å². The van der Waals surface area contributed by atoms with Crippen molar-refractivity contribution in [3.8, 4) is 12.3 Å². The van der Waals surface area contributed by atoms with E-state index in [1.54, 1.807) is 0 Å². The fourth-order valence-electron chi connectivity index (χ4n) is 3.87. The summed E-state index contributed by atoms with van der Waals surface area (Å²) in [6.07, 6.45) is -5.03. The van der Waals surface area contributed by atoms with Crippen LogP contribution in [0.2, 0.25) is 0 Å². The molecular weight excluding hydrogens is 479 g/mol. The number of carbonyl (C=O) groups is 3. The molecule has 0 aromatic carbocycles. The van der Waals surface area contributed by atoms with E-state index in [9.17, 15) is 32.3 Å². The van der Waals surface area contributed by atoms with Gasteiger partial charge in [-0.3, -0.25) is 24.3 Å². The maximum Gasteiger partial charge on any atom is 0.394 e. The Bertz CT molecular complexity index is 1260. The maximum absolute atomic E-state index is 13.7. The normalized spacial score (nSPS) is 20.9. The van der Waals surface area contributed by atoms with Crippen LogP contribution in [0.3, 0.4) is 0 Å². The van der Waals surface area contributed by atoms with Gasteiger partial charge in [-0.15, -0.1) is 6.42 Å². The SMILES string of the molecule is C#CCn1c(=O)n([C@@H]2O[C@H]([C@H](CC(=O)O)C(F)(F)F)C[C@H]2OC(C)=O)c2nc(NC(C)=O)ncc21. The summed E-state index contributed by atoms with van der Waals surface area (Å²) in [6.45, 7) is 1.94. The van der Waals surface area contributed by atoms with Gasteiger partial charge in [-0.25, -0.2) is 14.3 Å². The number of rotatable bonds is 7. The number of ether oxygens (including phenoxy) is 2. The van der Waals surface area contributed by atoms with E-state index >= 15 is 0 Å². The largest absolute Gasteiger partial charge is 0.481 e. The molecule has 1 amide bonds. The third-order valence-electron chi connectivity index (χ3n) is 5.18. The van der Waals surface area contributed by atoms with Gasteiger partial charge in [0.1, 0.15) is 11.6 Å². The summed E-state index contributed by atoms with van der Waals surface area (Å²) in [5, 5.41) is 11.3. The van der Waals surface area contributed by atoms with Crippen molar-refractivity contribution in [1.82, 2.24) is 19.1 Å². The first-order valence-corrected chi connectivity index (χ1v) is 10.1. The number of aromatic nitrogens is 4. The van der Waals surface area contributed by atoms with E-state index in [1.807, 2.05) is 0 Å². The molecule has 0 unspecified atom stereocenters. The zero-order valence-electron chi connectivity index (χ0n) is 18.4. The first-order chi connectivity index (χ1) is 16.3. The quantitative estimate of drug-likeness (QED) is 0.420. The van der Waals surface area contributed by atoms with Crippen LogP contribution in [0.4, 0.5) is 19.1 Å². The van der Waals surface area contributed by atoms with Gasteiger partial charge in [0.05, 0.1) is 31.2 Å². The number of esters is 1. The number of carbonyl (C=O) groups excluding carboxylic acids is 2. The number of carboxylic acids is 1. The summed E-state index contributed by atoms with van der Waals surface area (Å²) in [5.41, 5.74) is -0.931. The number of hydrogen-bond acceptors (Lipinski definition) is 8. The van der Waals surface area contributed by atoms with Gasteiger partial charge in [-0.2, -0.15) is 18.2 Å². The zero-order chi connectivity index (χ0) is 26.1. The summed E-state index contributed by atoms with van der Waals surface area (Å²) in [5.74, 6) is -3.49. The number of nitrogens with one attached hydrogen (secondary N) is 1. The minimum atomic E-state index is -4.96. The van der Waals surface area contributed by atoms with Crippen molar-refractivity contribution >= 4 is 35.0 Å². The highest BCUT2D eigenvalue weighted by molar-refractivity contribution is 5.87. The Balaban J connectivity index is 2.17. The van der Waals surface area contributed by atoms with Gasteiger partial charge in [0.25, 0.3) is 0 Å². The minimum absolute atomic E-state index is 0.0774. The third kappa shape index (κ3) is 5.43. The summed E-state index contributed by atoms with van der Waals surface area (Å²) >= 11 is 0. The molecule has 0 spiro atoms. The lowest BCUT2D eigenvalue weighted by molar-refractivity contribution is -0.213. The number of nitrogens with zero attached hydrogens (tertiary/aromatic N) is 4.